The van der Waals surface area contributed by atoms with E-state index < -0.39 is 16.6 Å². The highest BCUT2D eigenvalue weighted by molar-refractivity contribution is 6.88. The second-order valence-electron chi connectivity index (χ2n) is 11.3. The fraction of sp³-hybridized carbons (Fsp3) is 1.00. The fourth-order valence-electron chi connectivity index (χ4n) is 7.00. The molecule has 0 aromatic carbocycles. The van der Waals surface area contributed by atoms with Gasteiger partial charge in [0, 0.05) is 0 Å². The lowest BCUT2D eigenvalue weighted by molar-refractivity contribution is 0.380. The van der Waals surface area contributed by atoms with Crippen LogP contribution in [0.2, 0.25) is 35.3 Å². The number of rotatable bonds is 16. The molecule has 2 saturated carbocycles. The zero-order valence-electron chi connectivity index (χ0n) is 22.1. The molecule has 0 bridgehead atoms. The predicted octanol–water partition coefficient (Wildman–Crippen LogP) is 10.8. The van der Waals surface area contributed by atoms with Gasteiger partial charge in [0.05, 0.1) is 0 Å². The second kappa shape index (κ2) is 15.3. The minimum atomic E-state index is -1.69. The molecule has 0 aliphatic heterocycles. The molecule has 0 amide bonds. The van der Waals surface area contributed by atoms with Crippen molar-refractivity contribution >= 4 is 16.6 Å². The summed E-state index contributed by atoms with van der Waals surface area (Å²) < 4.78 is 8.19. The molecule has 2 rings (SSSR count). The standard InChI is InChI=1S/C28H58OSi2/c1-5-9-23-30(24-10-6-2,27-19-15-13-16-20-27)29-31(25-11-7-3,26-12-8-4)28-21-17-14-18-22-28/h27-28H,5-26H2,1-4H3. The third-order valence-corrected chi connectivity index (χ3v) is 21.1. The molecule has 0 spiro atoms. The van der Waals surface area contributed by atoms with E-state index in [0.717, 1.165) is 11.1 Å². The van der Waals surface area contributed by atoms with Crippen molar-refractivity contribution in [2.75, 3.05) is 0 Å². The highest BCUT2D eigenvalue weighted by Crippen LogP contribution is 2.51. The van der Waals surface area contributed by atoms with Crippen molar-refractivity contribution in [3.8, 4) is 0 Å². The Hall–Kier alpha value is 0.394. The summed E-state index contributed by atoms with van der Waals surface area (Å²) in [6.45, 7) is 9.67. The topological polar surface area (TPSA) is 9.23 Å². The molecular formula is C28H58OSi2. The molecule has 3 heteroatoms. The predicted molar refractivity (Wildman–Crippen MR) is 145 cm³/mol. The maximum Gasteiger partial charge on any atom is 0.182 e. The molecule has 0 aromatic rings. The van der Waals surface area contributed by atoms with Gasteiger partial charge >= 0.3 is 0 Å². The van der Waals surface area contributed by atoms with E-state index >= 15 is 0 Å². The van der Waals surface area contributed by atoms with Gasteiger partial charge in [-0.2, -0.15) is 0 Å². The van der Waals surface area contributed by atoms with E-state index in [-0.39, 0.29) is 0 Å². The Morgan fingerprint density at radius 1 is 0.484 bits per heavy atom. The number of hydrogen-bond donors (Lipinski definition) is 0. The number of unbranched alkanes of at least 4 members (excludes halogenated alkanes) is 4. The van der Waals surface area contributed by atoms with E-state index in [9.17, 15) is 0 Å². The molecule has 0 saturated heterocycles. The van der Waals surface area contributed by atoms with E-state index in [1.807, 2.05) is 0 Å². The molecule has 0 aromatic heterocycles. The van der Waals surface area contributed by atoms with Gasteiger partial charge in [0.25, 0.3) is 0 Å². The van der Waals surface area contributed by atoms with Crippen molar-refractivity contribution < 1.29 is 4.12 Å². The maximum absolute atomic E-state index is 8.19. The van der Waals surface area contributed by atoms with E-state index in [4.69, 9.17) is 4.12 Å². The minimum absolute atomic E-state index is 0.984. The summed E-state index contributed by atoms with van der Waals surface area (Å²) in [5.74, 6) is 0. The van der Waals surface area contributed by atoms with Crippen molar-refractivity contribution in [2.45, 2.75) is 179 Å². The summed E-state index contributed by atoms with van der Waals surface area (Å²) >= 11 is 0. The summed E-state index contributed by atoms with van der Waals surface area (Å²) in [5.41, 5.74) is 1.97. The van der Waals surface area contributed by atoms with Crippen LogP contribution >= 0.6 is 0 Å². The average Bonchev–Trinajstić information content (AvgIpc) is 2.83. The summed E-state index contributed by atoms with van der Waals surface area (Å²) in [5, 5.41) is 0. The van der Waals surface area contributed by atoms with E-state index in [1.54, 1.807) is 0 Å². The van der Waals surface area contributed by atoms with Crippen molar-refractivity contribution in [3.63, 3.8) is 0 Å². The van der Waals surface area contributed by atoms with Crippen molar-refractivity contribution in [2.24, 2.45) is 0 Å². The third-order valence-electron chi connectivity index (χ3n) is 8.92. The largest absolute Gasteiger partial charge is 0.454 e. The van der Waals surface area contributed by atoms with Gasteiger partial charge in [0.2, 0.25) is 0 Å². The Labute approximate surface area is 199 Å². The zero-order chi connectivity index (χ0) is 22.4. The molecule has 0 atom stereocenters. The summed E-state index contributed by atoms with van der Waals surface area (Å²) in [6, 6.07) is 5.98. The van der Waals surface area contributed by atoms with Gasteiger partial charge in [-0.25, -0.2) is 0 Å². The van der Waals surface area contributed by atoms with Crippen LogP contribution in [0.5, 0.6) is 0 Å². The van der Waals surface area contributed by atoms with Crippen LogP contribution in [0, 0.1) is 0 Å². The van der Waals surface area contributed by atoms with Crippen molar-refractivity contribution in [3.05, 3.63) is 0 Å². The highest BCUT2D eigenvalue weighted by atomic mass is 28.4. The van der Waals surface area contributed by atoms with Crippen LogP contribution < -0.4 is 0 Å². The van der Waals surface area contributed by atoms with Gasteiger partial charge in [-0.3, -0.25) is 0 Å². The molecule has 2 aliphatic rings. The minimum Gasteiger partial charge on any atom is -0.454 e. The Bertz CT molecular complexity index is 384. The fourth-order valence-corrected chi connectivity index (χ4v) is 22.1. The lowest BCUT2D eigenvalue weighted by Crippen LogP contribution is -2.57. The van der Waals surface area contributed by atoms with Gasteiger partial charge in [-0.15, -0.1) is 0 Å². The monoisotopic (exact) mass is 466 g/mol. The summed E-state index contributed by atoms with van der Waals surface area (Å²) in [4.78, 5) is 0. The molecule has 31 heavy (non-hydrogen) atoms. The van der Waals surface area contributed by atoms with E-state index in [0.29, 0.717) is 0 Å². The maximum atomic E-state index is 8.19. The number of hydrogen-bond acceptors (Lipinski definition) is 1. The van der Waals surface area contributed by atoms with Gasteiger partial charge in [-0.05, 0) is 35.3 Å². The summed E-state index contributed by atoms with van der Waals surface area (Å²) in [6.07, 6.45) is 26.1. The van der Waals surface area contributed by atoms with Gasteiger partial charge in [0.1, 0.15) is 0 Å². The van der Waals surface area contributed by atoms with Crippen LogP contribution in [0.15, 0.2) is 0 Å². The molecule has 1 nitrogen and oxygen atoms in total. The van der Waals surface area contributed by atoms with Crippen LogP contribution in [0.1, 0.15) is 143 Å². The van der Waals surface area contributed by atoms with Crippen molar-refractivity contribution in [1.29, 1.82) is 0 Å². The van der Waals surface area contributed by atoms with E-state index in [1.165, 1.54) is 140 Å². The Balaban J connectivity index is 2.42. The normalized spacial score (nSPS) is 19.7. The lowest BCUT2D eigenvalue weighted by atomic mass is 10.0. The first-order valence-electron chi connectivity index (χ1n) is 14.9. The lowest BCUT2D eigenvalue weighted by Gasteiger charge is -2.51. The van der Waals surface area contributed by atoms with Crippen LogP contribution in [-0.2, 0) is 4.12 Å². The van der Waals surface area contributed by atoms with Gasteiger partial charge in [0.15, 0.2) is 16.6 Å². The molecule has 2 aliphatic carbocycles. The summed E-state index contributed by atoms with van der Waals surface area (Å²) in [7, 11) is -3.39. The van der Waals surface area contributed by atoms with Crippen LogP contribution in [0.4, 0.5) is 0 Å². The van der Waals surface area contributed by atoms with Crippen LogP contribution in [-0.4, -0.2) is 16.6 Å². The zero-order valence-corrected chi connectivity index (χ0v) is 24.1. The third kappa shape index (κ3) is 8.28. The quantitative estimate of drug-likeness (QED) is 0.205. The molecule has 2 fully saturated rings. The van der Waals surface area contributed by atoms with Crippen LogP contribution in [0.25, 0.3) is 0 Å². The van der Waals surface area contributed by atoms with Crippen molar-refractivity contribution in [1.82, 2.24) is 0 Å². The van der Waals surface area contributed by atoms with Crippen LogP contribution in [0.3, 0.4) is 0 Å². The molecule has 0 unspecified atom stereocenters. The Kier molecular flexibility index (Phi) is 13.7. The molecule has 184 valence electrons. The smallest absolute Gasteiger partial charge is 0.182 e. The SMILES string of the molecule is CCCC[Si](CCCC)(O[Si](CCCC)(CCCC)C1CCCCC1)C1CCCCC1. The molecular weight excluding hydrogens is 408 g/mol. The first-order chi connectivity index (χ1) is 15.2. The second-order valence-corrected chi connectivity index (χ2v) is 20.0. The first-order valence-corrected chi connectivity index (χ1v) is 19.7. The molecule has 0 radical (unpaired) electrons. The molecule has 0 N–H and O–H groups in total. The Morgan fingerprint density at radius 3 is 1.03 bits per heavy atom. The van der Waals surface area contributed by atoms with E-state index in [2.05, 4.69) is 27.7 Å². The first kappa shape index (κ1) is 27.6. The molecule has 0 heterocycles. The average molecular weight is 467 g/mol. The van der Waals surface area contributed by atoms with Gasteiger partial charge < -0.3 is 4.12 Å². The highest BCUT2D eigenvalue weighted by Gasteiger charge is 2.51. The Morgan fingerprint density at radius 2 is 0.774 bits per heavy atom. The van der Waals surface area contributed by atoms with Gasteiger partial charge in [-0.1, -0.05) is 143 Å².